The van der Waals surface area contributed by atoms with Gasteiger partial charge in [0, 0.05) is 18.0 Å². The molecule has 1 saturated carbocycles. The van der Waals surface area contributed by atoms with Crippen molar-refractivity contribution in [2.75, 3.05) is 6.54 Å². The van der Waals surface area contributed by atoms with E-state index in [-0.39, 0.29) is 9.92 Å². The summed E-state index contributed by atoms with van der Waals surface area (Å²) in [6.45, 7) is 1.77. The van der Waals surface area contributed by atoms with Crippen molar-refractivity contribution >= 4 is 16.3 Å². The maximum Gasteiger partial charge on any atom is 0.324 e. The van der Waals surface area contributed by atoms with Crippen LogP contribution in [0.2, 0.25) is 0 Å². The van der Waals surface area contributed by atoms with Crippen LogP contribution in [0.25, 0.3) is 0 Å². The molecule has 0 atom stereocenters. The standard InChI is InChI=1S/C13H20N2O2S/c16-15(17)13-8-12(10-18-13)9-14-7-6-11-4-2-1-3-5-11/h8,10-11,14H,1-7,9H2. The Hall–Kier alpha value is -0.940. The van der Waals surface area contributed by atoms with Gasteiger partial charge in [-0.25, -0.2) is 0 Å². The van der Waals surface area contributed by atoms with E-state index < -0.39 is 0 Å². The van der Waals surface area contributed by atoms with Crippen LogP contribution >= 0.6 is 11.3 Å². The van der Waals surface area contributed by atoms with Crippen molar-refractivity contribution in [3.63, 3.8) is 0 Å². The third-order valence-corrected chi connectivity index (χ3v) is 4.53. The third-order valence-electron chi connectivity index (χ3n) is 3.60. The molecule has 1 aromatic heterocycles. The van der Waals surface area contributed by atoms with Crippen molar-refractivity contribution in [1.29, 1.82) is 0 Å². The van der Waals surface area contributed by atoms with E-state index in [0.29, 0.717) is 0 Å². The summed E-state index contributed by atoms with van der Waals surface area (Å²) in [6.07, 6.45) is 8.19. The summed E-state index contributed by atoms with van der Waals surface area (Å²) >= 11 is 1.20. The van der Waals surface area contributed by atoms with Gasteiger partial charge in [-0.15, -0.1) is 0 Å². The van der Waals surface area contributed by atoms with Gasteiger partial charge in [-0.3, -0.25) is 10.1 Å². The second kappa shape index (κ2) is 6.85. The van der Waals surface area contributed by atoms with E-state index >= 15 is 0 Å². The first-order chi connectivity index (χ1) is 8.75. The molecule has 0 radical (unpaired) electrons. The molecular weight excluding hydrogens is 248 g/mol. The second-order valence-electron chi connectivity index (χ2n) is 5.02. The van der Waals surface area contributed by atoms with E-state index in [0.717, 1.165) is 24.6 Å². The maximum absolute atomic E-state index is 10.5. The zero-order valence-corrected chi connectivity index (χ0v) is 11.4. The van der Waals surface area contributed by atoms with Crippen LogP contribution in [0, 0.1) is 16.0 Å². The number of hydrogen-bond donors (Lipinski definition) is 1. The first-order valence-electron chi connectivity index (χ1n) is 6.68. The number of hydrogen-bond acceptors (Lipinski definition) is 4. The fourth-order valence-corrected chi connectivity index (χ4v) is 3.29. The van der Waals surface area contributed by atoms with Gasteiger partial charge in [-0.1, -0.05) is 43.4 Å². The highest BCUT2D eigenvalue weighted by atomic mass is 32.1. The lowest BCUT2D eigenvalue weighted by molar-refractivity contribution is -0.380. The van der Waals surface area contributed by atoms with E-state index in [4.69, 9.17) is 0 Å². The van der Waals surface area contributed by atoms with E-state index in [1.54, 1.807) is 6.07 Å². The van der Waals surface area contributed by atoms with Gasteiger partial charge >= 0.3 is 5.00 Å². The third kappa shape index (κ3) is 4.07. The Kier molecular flexibility index (Phi) is 5.13. The minimum atomic E-state index is -0.323. The van der Waals surface area contributed by atoms with E-state index in [9.17, 15) is 10.1 Å². The molecule has 0 aliphatic heterocycles. The molecule has 0 bridgehead atoms. The largest absolute Gasteiger partial charge is 0.324 e. The fraction of sp³-hybridized carbons (Fsp3) is 0.692. The first kappa shape index (κ1) is 13.5. The molecule has 0 aromatic carbocycles. The van der Waals surface area contributed by atoms with Gasteiger partial charge in [0.15, 0.2) is 0 Å². The molecule has 0 spiro atoms. The summed E-state index contributed by atoms with van der Waals surface area (Å²) < 4.78 is 0. The molecule has 1 aromatic rings. The Labute approximate surface area is 112 Å². The summed E-state index contributed by atoms with van der Waals surface area (Å²) in [5.74, 6) is 0.892. The minimum absolute atomic E-state index is 0.235. The summed E-state index contributed by atoms with van der Waals surface area (Å²) in [6, 6.07) is 1.66. The minimum Gasteiger partial charge on any atom is -0.313 e. The van der Waals surface area contributed by atoms with Gasteiger partial charge in [0.1, 0.15) is 0 Å². The molecule has 2 rings (SSSR count). The topological polar surface area (TPSA) is 55.2 Å². The molecule has 1 aliphatic rings. The number of thiophene rings is 1. The van der Waals surface area contributed by atoms with Crippen molar-refractivity contribution < 1.29 is 4.92 Å². The van der Waals surface area contributed by atoms with Crippen molar-refractivity contribution in [2.45, 2.75) is 45.1 Å². The lowest BCUT2D eigenvalue weighted by Crippen LogP contribution is -2.18. The van der Waals surface area contributed by atoms with Crippen LogP contribution < -0.4 is 5.32 Å². The lowest BCUT2D eigenvalue weighted by Gasteiger charge is -2.21. The number of nitro groups is 1. The first-order valence-corrected chi connectivity index (χ1v) is 7.56. The van der Waals surface area contributed by atoms with Gasteiger partial charge in [-0.05, 0) is 24.4 Å². The highest BCUT2D eigenvalue weighted by Gasteiger charge is 2.13. The van der Waals surface area contributed by atoms with E-state index in [1.807, 2.05) is 5.38 Å². The van der Waals surface area contributed by atoms with Crippen LogP contribution in [0.4, 0.5) is 5.00 Å². The SMILES string of the molecule is O=[N+]([O-])c1cc(CNCCC2CCCCC2)cs1. The molecule has 1 aliphatic carbocycles. The highest BCUT2D eigenvalue weighted by Crippen LogP contribution is 2.26. The van der Waals surface area contributed by atoms with Gasteiger partial charge in [0.2, 0.25) is 0 Å². The average Bonchev–Trinajstić information content (AvgIpc) is 2.85. The molecule has 1 fully saturated rings. The molecule has 1 N–H and O–H groups in total. The van der Waals surface area contributed by atoms with Gasteiger partial charge in [0.05, 0.1) is 4.92 Å². The van der Waals surface area contributed by atoms with Crippen molar-refractivity contribution in [3.05, 3.63) is 27.1 Å². The van der Waals surface area contributed by atoms with Crippen LogP contribution in [-0.2, 0) is 6.54 Å². The zero-order valence-electron chi connectivity index (χ0n) is 10.6. The second-order valence-corrected chi connectivity index (χ2v) is 5.91. The predicted octanol–water partition coefficient (Wildman–Crippen LogP) is 3.72. The van der Waals surface area contributed by atoms with Crippen molar-refractivity contribution in [1.82, 2.24) is 5.32 Å². The number of nitrogens with one attached hydrogen (secondary N) is 1. The van der Waals surface area contributed by atoms with Crippen LogP contribution in [-0.4, -0.2) is 11.5 Å². The Morgan fingerprint density at radius 2 is 2.17 bits per heavy atom. The molecule has 100 valence electrons. The van der Waals surface area contributed by atoms with Crippen LogP contribution in [0.15, 0.2) is 11.4 Å². The van der Waals surface area contributed by atoms with Crippen molar-refractivity contribution in [2.24, 2.45) is 5.92 Å². The predicted molar refractivity (Wildman–Crippen MR) is 73.9 cm³/mol. The molecular formula is C13H20N2O2S. The van der Waals surface area contributed by atoms with E-state index in [2.05, 4.69) is 5.32 Å². The normalized spacial score (nSPS) is 16.9. The maximum atomic E-state index is 10.5. The molecule has 1 heterocycles. The van der Waals surface area contributed by atoms with Crippen LogP contribution in [0.1, 0.15) is 44.1 Å². The zero-order chi connectivity index (χ0) is 12.8. The Balaban J connectivity index is 1.63. The summed E-state index contributed by atoms with van der Waals surface area (Å²) in [4.78, 5) is 10.2. The Morgan fingerprint density at radius 3 is 2.83 bits per heavy atom. The quantitative estimate of drug-likeness (QED) is 0.486. The highest BCUT2D eigenvalue weighted by molar-refractivity contribution is 7.13. The molecule has 0 amide bonds. The lowest BCUT2D eigenvalue weighted by atomic mass is 9.87. The smallest absolute Gasteiger partial charge is 0.313 e. The monoisotopic (exact) mass is 268 g/mol. The van der Waals surface area contributed by atoms with Crippen molar-refractivity contribution in [3.8, 4) is 0 Å². The van der Waals surface area contributed by atoms with E-state index in [1.165, 1.54) is 49.9 Å². The van der Waals surface area contributed by atoms with Crippen LogP contribution in [0.5, 0.6) is 0 Å². The molecule has 0 unspecified atom stereocenters. The number of rotatable bonds is 6. The summed E-state index contributed by atoms with van der Waals surface area (Å²) in [5.41, 5.74) is 1.02. The number of nitrogens with zero attached hydrogens (tertiary/aromatic N) is 1. The Morgan fingerprint density at radius 1 is 1.39 bits per heavy atom. The van der Waals surface area contributed by atoms with Gasteiger partial charge < -0.3 is 5.32 Å². The molecule has 5 heteroatoms. The molecule has 4 nitrogen and oxygen atoms in total. The molecule has 18 heavy (non-hydrogen) atoms. The summed E-state index contributed by atoms with van der Waals surface area (Å²) in [7, 11) is 0. The summed E-state index contributed by atoms with van der Waals surface area (Å²) in [5, 5.41) is 16.0. The Bertz CT molecular complexity index is 386. The van der Waals surface area contributed by atoms with Gasteiger partial charge in [0.25, 0.3) is 0 Å². The van der Waals surface area contributed by atoms with Crippen LogP contribution in [0.3, 0.4) is 0 Å². The van der Waals surface area contributed by atoms with Gasteiger partial charge in [-0.2, -0.15) is 0 Å². The molecule has 0 saturated heterocycles. The average molecular weight is 268 g/mol. The fourth-order valence-electron chi connectivity index (χ4n) is 2.57.